The largest absolute Gasteiger partial charge is 0.493 e. The highest BCUT2D eigenvalue weighted by Crippen LogP contribution is 2.26. The Balaban J connectivity index is 2.43. The normalized spacial score (nSPS) is 13.6. The lowest BCUT2D eigenvalue weighted by Gasteiger charge is -2.25. The second-order valence-electron chi connectivity index (χ2n) is 5.35. The first-order chi connectivity index (χ1) is 9.50. The maximum Gasteiger partial charge on any atom is 0.161 e. The quantitative estimate of drug-likeness (QED) is 0.741. The van der Waals surface area contributed by atoms with Gasteiger partial charge in [-0.05, 0) is 45.7 Å². The maximum atomic E-state index is 9.26. The fourth-order valence-corrected chi connectivity index (χ4v) is 2.14. The molecule has 0 bridgehead atoms. The second-order valence-corrected chi connectivity index (χ2v) is 5.35. The maximum absolute atomic E-state index is 9.26. The first-order valence-corrected chi connectivity index (χ1v) is 6.95. The molecular weight excluding hydrogens is 252 g/mol. The molecule has 20 heavy (non-hydrogen) atoms. The summed E-state index contributed by atoms with van der Waals surface area (Å²) in [7, 11) is 1.63. The standard InChI is InChI=1S/C16H24N2O2/c1-13(2)18-16(3,12-17)10-7-11-20-15-9-6-5-8-14(15)19-4/h5-6,8-9,13,18H,7,10-11H2,1-4H3. The molecule has 0 radical (unpaired) electrons. The van der Waals surface area contributed by atoms with E-state index in [2.05, 4.69) is 11.4 Å². The zero-order valence-electron chi connectivity index (χ0n) is 12.8. The summed E-state index contributed by atoms with van der Waals surface area (Å²) >= 11 is 0. The molecule has 0 aliphatic heterocycles. The Hall–Kier alpha value is -1.73. The summed E-state index contributed by atoms with van der Waals surface area (Å²) in [6.07, 6.45) is 1.55. The number of nitriles is 1. The van der Waals surface area contributed by atoms with Crippen LogP contribution in [0.1, 0.15) is 33.6 Å². The highest BCUT2D eigenvalue weighted by molar-refractivity contribution is 5.39. The van der Waals surface area contributed by atoms with Crippen LogP contribution < -0.4 is 14.8 Å². The predicted octanol–water partition coefficient (Wildman–Crippen LogP) is 3.13. The number of nitrogens with zero attached hydrogens (tertiary/aromatic N) is 1. The molecule has 4 heteroatoms. The van der Waals surface area contributed by atoms with Crippen molar-refractivity contribution >= 4 is 0 Å². The van der Waals surface area contributed by atoms with Gasteiger partial charge >= 0.3 is 0 Å². The average Bonchev–Trinajstić information content (AvgIpc) is 2.43. The van der Waals surface area contributed by atoms with Crippen LogP contribution in [0.25, 0.3) is 0 Å². The summed E-state index contributed by atoms with van der Waals surface area (Å²) in [6.45, 7) is 6.58. The van der Waals surface area contributed by atoms with Gasteiger partial charge in [0.25, 0.3) is 0 Å². The van der Waals surface area contributed by atoms with Gasteiger partial charge in [0.1, 0.15) is 5.54 Å². The lowest BCUT2D eigenvalue weighted by atomic mass is 9.97. The van der Waals surface area contributed by atoms with Gasteiger partial charge in [0, 0.05) is 6.04 Å². The van der Waals surface area contributed by atoms with Crippen molar-refractivity contribution in [2.75, 3.05) is 13.7 Å². The molecule has 0 spiro atoms. The molecule has 1 aromatic carbocycles. The van der Waals surface area contributed by atoms with E-state index in [1.165, 1.54) is 0 Å². The number of hydrogen-bond donors (Lipinski definition) is 1. The average molecular weight is 276 g/mol. The molecule has 0 amide bonds. The van der Waals surface area contributed by atoms with Crippen LogP contribution >= 0.6 is 0 Å². The van der Waals surface area contributed by atoms with Crippen molar-refractivity contribution in [1.29, 1.82) is 5.26 Å². The van der Waals surface area contributed by atoms with Crippen LogP contribution in [0.15, 0.2) is 24.3 Å². The van der Waals surface area contributed by atoms with Gasteiger partial charge in [0.15, 0.2) is 11.5 Å². The fourth-order valence-electron chi connectivity index (χ4n) is 2.14. The van der Waals surface area contributed by atoms with Crippen molar-refractivity contribution in [1.82, 2.24) is 5.32 Å². The fraction of sp³-hybridized carbons (Fsp3) is 0.562. The van der Waals surface area contributed by atoms with E-state index in [1.807, 2.05) is 45.0 Å². The van der Waals surface area contributed by atoms with Crippen molar-refractivity contribution in [3.05, 3.63) is 24.3 Å². The van der Waals surface area contributed by atoms with Gasteiger partial charge in [-0.1, -0.05) is 12.1 Å². The van der Waals surface area contributed by atoms with Crippen LogP contribution in [0.5, 0.6) is 11.5 Å². The van der Waals surface area contributed by atoms with E-state index in [1.54, 1.807) is 7.11 Å². The molecule has 0 saturated heterocycles. The number of ether oxygens (including phenoxy) is 2. The van der Waals surface area contributed by atoms with Crippen LogP contribution in [0.3, 0.4) is 0 Å². The zero-order chi connectivity index (χ0) is 15.0. The van der Waals surface area contributed by atoms with Crippen molar-refractivity contribution in [3.63, 3.8) is 0 Å². The number of methoxy groups -OCH3 is 1. The van der Waals surface area contributed by atoms with Gasteiger partial charge in [0.2, 0.25) is 0 Å². The molecule has 1 N–H and O–H groups in total. The Bertz CT molecular complexity index is 454. The zero-order valence-corrected chi connectivity index (χ0v) is 12.8. The van der Waals surface area contributed by atoms with E-state index < -0.39 is 5.54 Å². The van der Waals surface area contributed by atoms with E-state index in [-0.39, 0.29) is 6.04 Å². The highest BCUT2D eigenvalue weighted by Gasteiger charge is 2.23. The SMILES string of the molecule is COc1ccccc1OCCCC(C)(C#N)NC(C)C. The van der Waals surface area contributed by atoms with Crippen LogP contribution in [0.4, 0.5) is 0 Å². The van der Waals surface area contributed by atoms with Crippen molar-refractivity contribution in [3.8, 4) is 17.6 Å². The molecule has 0 fully saturated rings. The predicted molar refractivity (Wildman–Crippen MR) is 80.0 cm³/mol. The van der Waals surface area contributed by atoms with Gasteiger partial charge in [-0.25, -0.2) is 0 Å². The Morgan fingerprint density at radius 3 is 2.50 bits per heavy atom. The molecule has 110 valence electrons. The minimum absolute atomic E-state index is 0.287. The summed E-state index contributed by atoms with van der Waals surface area (Å²) in [5, 5.41) is 12.5. The lowest BCUT2D eigenvalue weighted by molar-refractivity contribution is 0.267. The Morgan fingerprint density at radius 2 is 1.95 bits per heavy atom. The number of nitrogens with one attached hydrogen (secondary N) is 1. The minimum atomic E-state index is -0.502. The number of rotatable bonds is 8. The topological polar surface area (TPSA) is 54.3 Å². The van der Waals surface area contributed by atoms with E-state index >= 15 is 0 Å². The molecule has 0 aliphatic rings. The van der Waals surface area contributed by atoms with Gasteiger partial charge in [-0.15, -0.1) is 0 Å². The number of hydrogen-bond acceptors (Lipinski definition) is 4. The van der Waals surface area contributed by atoms with Crippen LogP contribution in [0.2, 0.25) is 0 Å². The molecule has 1 atom stereocenters. The van der Waals surface area contributed by atoms with Gasteiger partial charge in [-0.2, -0.15) is 5.26 Å². The molecule has 0 heterocycles. The van der Waals surface area contributed by atoms with E-state index in [4.69, 9.17) is 9.47 Å². The van der Waals surface area contributed by atoms with E-state index in [0.717, 1.165) is 24.3 Å². The highest BCUT2D eigenvalue weighted by atomic mass is 16.5. The minimum Gasteiger partial charge on any atom is -0.493 e. The van der Waals surface area contributed by atoms with Crippen LogP contribution in [0, 0.1) is 11.3 Å². The smallest absolute Gasteiger partial charge is 0.161 e. The monoisotopic (exact) mass is 276 g/mol. The first kappa shape index (κ1) is 16.3. The molecule has 1 unspecified atom stereocenters. The third kappa shape index (κ3) is 5.10. The van der Waals surface area contributed by atoms with Crippen molar-refractivity contribution in [2.45, 2.75) is 45.2 Å². The van der Waals surface area contributed by atoms with Crippen LogP contribution in [-0.4, -0.2) is 25.3 Å². The third-order valence-corrected chi connectivity index (χ3v) is 3.00. The van der Waals surface area contributed by atoms with Gasteiger partial charge < -0.3 is 9.47 Å². The Labute approximate surface area is 121 Å². The molecule has 4 nitrogen and oxygen atoms in total. The molecule has 0 saturated carbocycles. The summed E-state index contributed by atoms with van der Waals surface area (Å²) < 4.78 is 10.9. The molecular formula is C16H24N2O2. The van der Waals surface area contributed by atoms with Gasteiger partial charge in [-0.3, -0.25) is 5.32 Å². The molecule has 1 rings (SSSR count). The summed E-state index contributed by atoms with van der Waals surface area (Å²) in [5.74, 6) is 1.47. The third-order valence-electron chi connectivity index (χ3n) is 3.00. The number of para-hydroxylation sites is 2. The summed E-state index contributed by atoms with van der Waals surface area (Å²) in [6, 6.07) is 10.2. The summed E-state index contributed by atoms with van der Waals surface area (Å²) in [5.41, 5.74) is -0.502. The Kier molecular flexibility index (Phi) is 6.33. The molecule has 1 aromatic rings. The Morgan fingerprint density at radius 1 is 1.30 bits per heavy atom. The second kappa shape index (κ2) is 7.76. The summed E-state index contributed by atoms with van der Waals surface area (Å²) in [4.78, 5) is 0. The molecule has 0 aliphatic carbocycles. The first-order valence-electron chi connectivity index (χ1n) is 6.95. The van der Waals surface area contributed by atoms with Crippen LogP contribution in [-0.2, 0) is 0 Å². The van der Waals surface area contributed by atoms with E-state index in [9.17, 15) is 5.26 Å². The van der Waals surface area contributed by atoms with Gasteiger partial charge in [0.05, 0.1) is 19.8 Å². The number of benzene rings is 1. The lowest BCUT2D eigenvalue weighted by Crippen LogP contribution is -2.45. The van der Waals surface area contributed by atoms with Crippen molar-refractivity contribution < 1.29 is 9.47 Å². The van der Waals surface area contributed by atoms with Crippen molar-refractivity contribution in [2.24, 2.45) is 0 Å². The molecule has 0 aromatic heterocycles. The van der Waals surface area contributed by atoms with E-state index in [0.29, 0.717) is 6.61 Å².